The van der Waals surface area contributed by atoms with Crippen LogP contribution in [-0.2, 0) is 9.59 Å². The Morgan fingerprint density at radius 2 is 2.23 bits per heavy atom. The molecule has 0 aromatic carbocycles. The maximum Gasteiger partial charge on any atom is 0.158 e. The van der Waals surface area contributed by atoms with E-state index in [2.05, 4.69) is 6.08 Å². The fourth-order valence-electron chi connectivity index (χ4n) is 1.60. The van der Waals surface area contributed by atoms with Crippen molar-refractivity contribution in [1.29, 1.82) is 0 Å². The Balaban J connectivity index is 2.23. The molecule has 0 amide bonds. The molecule has 0 bridgehead atoms. The van der Waals surface area contributed by atoms with E-state index < -0.39 is 0 Å². The van der Waals surface area contributed by atoms with Crippen LogP contribution in [0.1, 0.15) is 44.9 Å². The molecule has 13 heavy (non-hydrogen) atoms. The van der Waals surface area contributed by atoms with Gasteiger partial charge in [-0.3, -0.25) is 4.79 Å². The molecule has 0 fully saturated rings. The molecular formula is C11H16O2. The van der Waals surface area contributed by atoms with E-state index in [1.165, 1.54) is 0 Å². The van der Waals surface area contributed by atoms with Crippen molar-refractivity contribution < 1.29 is 9.59 Å². The summed E-state index contributed by atoms with van der Waals surface area (Å²) in [5.41, 5.74) is 0.997. The minimum atomic E-state index is 0.317. The van der Waals surface area contributed by atoms with Crippen LogP contribution in [0.15, 0.2) is 11.6 Å². The zero-order chi connectivity index (χ0) is 9.52. The molecule has 0 unspecified atom stereocenters. The van der Waals surface area contributed by atoms with Crippen LogP contribution in [0, 0.1) is 0 Å². The van der Waals surface area contributed by atoms with Gasteiger partial charge in [0.1, 0.15) is 6.29 Å². The fourth-order valence-corrected chi connectivity index (χ4v) is 1.60. The Labute approximate surface area is 79.0 Å². The van der Waals surface area contributed by atoms with Gasteiger partial charge >= 0.3 is 0 Å². The summed E-state index contributed by atoms with van der Waals surface area (Å²) in [6.07, 6.45) is 9.16. The van der Waals surface area contributed by atoms with E-state index in [0.717, 1.165) is 50.4 Å². The second-order valence-corrected chi connectivity index (χ2v) is 3.46. The molecular weight excluding hydrogens is 164 g/mol. The highest BCUT2D eigenvalue weighted by Gasteiger charge is 2.12. The van der Waals surface area contributed by atoms with Crippen LogP contribution < -0.4 is 0 Å². The van der Waals surface area contributed by atoms with Crippen LogP contribution >= 0.6 is 0 Å². The first-order valence-electron chi connectivity index (χ1n) is 5.00. The van der Waals surface area contributed by atoms with Crippen LogP contribution in [0.3, 0.4) is 0 Å². The van der Waals surface area contributed by atoms with Crippen LogP contribution in [0.5, 0.6) is 0 Å². The molecule has 0 saturated carbocycles. The van der Waals surface area contributed by atoms with Crippen LogP contribution in [0.25, 0.3) is 0 Å². The molecule has 1 aliphatic rings. The number of aldehydes is 1. The second kappa shape index (κ2) is 5.68. The maximum absolute atomic E-state index is 11.3. The third kappa shape index (κ3) is 3.53. The molecule has 2 heteroatoms. The molecule has 1 aliphatic carbocycles. The zero-order valence-corrected chi connectivity index (χ0v) is 7.92. The topological polar surface area (TPSA) is 34.1 Å². The van der Waals surface area contributed by atoms with Gasteiger partial charge in [-0.2, -0.15) is 0 Å². The van der Waals surface area contributed by atoms with Gasteiger partial charge in [0.15, 0.2) is 5.78 Å². The van der Waals surface area contributed by atoms with Crippen LogP contribution in [0.4, 0.5) is 0 Å². The normalized spacial score (nSPS) is 16.9. The summed E-state index contributed by atoms with van der Waals surface area (Å²) < 4.78 is 0. The lowest BCUT2D eigenvalue weighted by Gasteiger charge is -2.10. The van der Waals surface area contributed by atoms with Crippen molar-refractivity contribution in [3.63, 3.8) is 0 Å². The Kier molecular flexibility index (Phi) is 4.44. The van der Waals surface area contributed by atoms with Gasteiger partial charge in [-0.25, -0.2) is 0 Å². The molecule has 0 aliphatic heterocycles. The van der Waals surface area contributed by atoms with Crippen molar-refractivity contribution in [1.82, 2.24) is 0 Å². The van der Waals surface area contributed by atoms with Gasteiger partial charge in [0.2, 0.25) is 0 Å². The number of hydrogen-bond acceptors (Lipinski definition) is 2. The Hall–Kier alpha value is -0.920. The SMILES string of the molecule is O=CCCCCC1=CCCCC1=O. The monoisotopic (exact) mass is 180 g/mol. The van der Waals surface area contributed by atoms with Crippen molar-refractivity contribution in [2.45, 2.75) is 44.9 Å². The van der Waals surface area contributed by atoms with Gasteiger partial charge in [-0.05, 0) is 37.7 Å². The molecule has 1 rings (SSSR count). The minimum Gasteiger partial charge on any atom is -0.303 e. The third-order valence-electron chi connectivity index (χ3n) is 2.37. The lowest BCUT2D eigenvalue weighted by molar-refractivity contribution is -0.116. The van der Waals surface area contributed by atoms with Gasteiger partial charge in [-0.1, -0.05) is 6.08 Å². The molecule has 2 nitrogen and oxygen atoms in total. The van der Waals surface area contributed by atoms with E-state index in [0.29, 0.717) is 12.2 Å². The number of unbranched alkanes of at least 4 members (excludes halogenated alkanes) is 2. The van der Waals surface area contributed by atoms with E-state index in [1.54, 1.807) is 0 Å². The molecule has 0 spiro atoms. The summed E-state index contributed by atoms with van der Waals surface area (Å²) >= 11 is 0. The number of Topliss-reactive ketones (excluding diaryl/α,β-unsaturated/α-hetero) is 1. The van der Waals surface area contributed by atoms with E-state index >= 15 is 0 Å². The summed E-state index contributed by atoms with van der Waals surface area (Å²) in [7, 11) is 0. The van der Waals surface area contributed by atoms with Crippen LogP contribution in [-0.4, -0.2) is 12.1 Å². The average Bonchev–Trinajstić information content (AvgIpc) is 2.15. The lowest BCUT2D eigenvalue weighted by atomic mass is 9.94. The number of hydrogen-bond donors (Lipinski definition) is 0. The number of ketones is 1. The van der Waals surface area contributed by atoms with E-state index in [-0.39, 0.29) is 0 Å². The lowest BCUT2D eigenvalue weighted by Crippen LogP contribution is -2.06. The third-order valence-corrected chi connectivity index (χ3v) is 2.37. The van der Waals surface area contributed by atoms with E-state index in [4.69, 9.17) is 0 Å². The molecule has 72 valence electrons. The maximum atomic E-state index is 11.3. The van der Waals surface area contributed by atoms with E-state index in [1.807, 2.05) is 0 Å². The highest BCUT2D eigenvalue weighted by atomic mass is 16.1. The summed E-state index contributed by atoms with van der Waals surface area (Å²) in [4.78, 5) is 21.4. The van der Waals surface area contributed by atoms with Crippen molar-refractivity contribution in [3.05, 3.63) is 11.6 Å². The zero-order valence-electron chi connectivity index (χ0n) is 7.92. The Morgan fingerprint density at radius 3 is 2.92 bits per heavy atom. The smallest absolute Gasteiger partial charge is 0.158 e. The predicted molar refractivity (Wildman–Crippen MR) is 51.5 cm³/mol. The van der Waals surface area contributed by atoms with Crippen molar-refractivity contribution in [3.8, 4) is 0 Å². The molecule has 0 saturated heterocycles. The quantitative estimate of drug-likeness (QED) is 0.481. The minimum absolute atomic E-state index is 0.317. The summed E-state index contributed by atoms with van der Waals surface area (Å²) in [6, 6.07) is 0. The standard InChI is InChI=1S/C11H16O2/c12-9-5-1-2-6-10-7-3-4-8-11(10)13/h7,9H,1-6,8H2. The summed E-state index contributed by atoms with van der Waals surface area (Å²) in [5.74, 6) is 0.317. The molecule has 0 heterocycles. The largest absolute Gasteiger partial charge is 0.303 e. The molecule has 0 atom stereocenters. The van der Waals surface area contributed by atoms with Gasteiger partial charge < -0.3 is 4.79 Å². The summed E-state index contributed by atoms with van der Waals surface area (Å²) in [6.45, 7) is 0. The fraction of sp³-hybridized carbons (Fsp3) is 0.636. The van der Waals surface area contributed by atoms with Gasteiger partial charge in [0.25, 0.3) is 0 Å². The molecule has 0 radical (unpaired) electrons. The highest BCUT2D eigenvalue weighted by molar-refractivity contribution is 5.95. The molecule has 0 N–H and O–H groups in total. The predicted octanol–water partition coefficient (Wildman–Crippen LogP) is 2.43. The van der Waals surface area contributed by atoms with Crippen molar-refractivity contribution >= 4 is 12.1 Å². The number of carbonyl (C=O) groups is 2. The first-order chi connectivity index (χ1) is 6.34. The number of allylic oxidation sites excluding steroid dienone is 2. The van der Waals surface area contributed by atoms with Crippen molar-refractivity contribution in [2.24, 2.45) is 0 Å². The molecule has 0 aromatic rings. The molecule has 0 aromatic heterocycles. The van der Waals surface area contributed by atoms with Gasteiger partial charge in [0, 0.05) is 12.8 Å². The Morgan fingerprint density at radius 1 is 1.38 bits per heavy atom. The number of carbonyl (C=O) groups excluding carboxylic acids is 2. The first kappa shape index (κ1) is 10.2. The van der Waals surface area contributed by atoms with Crippen molar-refractivity contribution in [2.75, 3.05) is 0 Å². The van der Waals surface area contributed by atoms with Crippen LogP contribution in [0.2, 0.25) is 0 Å². The van der Waals surface area contributed by atoms with E-state index in [9.17, 15) is 9.59 Å². The Bertz CT molecular complexity index is 216. The number of rotatable bonds is 5. The second-order valence-electron chi connectivity index (χ2n) is 3.46. The summed E-state index contributed by atoms with van der Waals surface area (Å²) in [5, 5.41) is 0. The average molecular weight is 180 g/mol. The van der Waals surface area contributed by atoms with Gasteiger partial charge in [-0.15, -0.1) is 0 Å². The van der Waals surface area contributed by atoms with Gasteiger partial charge in [0.05, 0.1) is 0 Å². The first-order valence-corrected chi connectivity index (χ1v) is 5.00. The highest BCUT2D eigenvalue weighted by Crippen LogP contribution is 2.19.